The molecule has 1 aliphatic heterocycles. The maximum absolute atomic E-state index is 13.6. The van der Waals surface area contributed by atoms with E-state index in [-0.39, 0.29) is 43.7 Å². The molecule has 2 aromatic rings. The number of ether oxygens (including phenoxy) is 1. The number of methoxy groups -OCH3 is 1. The summed E-state index contributed by atoms with van der Waals surface area (Å²) in [6, 6.07) is 7.74. The number of hydrogen-bond acceptors (Lipinski definition) is 5. The number of halogens is 7. The predicted octanol–water partition coefficient (Wildman–Crippen LogP) is 6.12. The largest absolute Gasteiger partial charge is 0.534 e. The van der Waals surface area contributed by atoms with E-state index in [9.17, 15) is 39.2 Å². The Morgan fingerprint density at radius 2 is 1.65 bits per heavy atom. The third kappa shape index (κ3) is 6.95. The molecular formula is C24H24F7NO4S. The summed E-state index contributed by atoms with van der Waals surface area (Å²) in [7, 11) is -4.76. The Morgan fingerprint density at radius 1 is 1.05 bits per heavy atom. The average molecular weight is 556 g/mol. The van der Waals surface area contributed by atoms with Crippen LogP contribution in [0, 0.1) is 11.7 Å². The third-order valence-corrected chi connectivity index (χ3v) is 7.05. The van der Waals surface area contributed by atoms with Gasteiger partial charge in [0.05, 0.1) is 24.8 Å². The van der Waals surface area contributed by atoms with Crippen molar-refractivity contribution in [1.29, 1.82) is 0 Å². The van der Waals surface area contributed by atoms with Gasteiger partial charge in [0, 0.05) is 12.0 Å². The van der Waals surface area contributed by atoms with Gasteiger partial charge in [-0.2, -0.15) is 34.8 Å². The third-order valence-electron chi connectivity index (χ3n) is 6.09. The predicted molar refractivity (Wildman–Crippen MR) is 120 cm³/mol. The first-order valence-electron chi connectivity index (χ1n) is 11.0. The number of nitrogens with zero attached hydrogens (tertiary/aromatic N) is 1. The highest BCUT2D eigenvalue weighted by Gasteiger charge is 2.49. The Kier molecular flexibility index (Phi) is 8.47. The number of hydrogen-bond donors (Lipinski definition) is 0. The van der Waals surface area contributed by atoms with Gasteiger partial charge in [-0.05, 0) is 55.3 Å². The summed E-state index contributed by atoms with van der Waals surface area (Å²) in [5, 5.41) is 0. The number of piperidine rings is 1. The van der Waals surface area contributed by atoms with Gasteiger partial charge in [-0.25, -0.2) is 4.39 Å². The van der Waals surface area contributed by atoms with Gasteiger partial charge in [0.25, 0.3) is 0 Å². The van der Waals surface area contributed by atoms with E-state index in [4.69, 9.17) is 4.74 Å². The van der Waals surface area contributed by atoms with Gasteiger partial charge in [-0.3, -0.25) is 4.90 Å². The maximum Gasteiger partial charge on any atom is 0.534 e. The van der Waals surface area contributed by atoms with E-state index in [0.717, 1.165) is 18.2 Å². The highest BCUT2D eigenvalue weighted by molar-refractivity contribution is 7.88. The van der Waals surface area contributed by atoms with Crippen LogP contribution in [0.2, 0.25) is 0 Å². The highest BCUT2D eigenvalue weighted by Crippen LogP contribution is 2.42. The molecule has 13 heteroatoms. The minimum absolute atomic E-state index is 0.0252. The zero-order chi connectivity index (χ0) is 27.6. The van der Waals surface area contributed by atoms with Gasteiger partial charge in [-0.1, -0.05) is 30.8 Å². The first-order chi connectivity index (χ1) is 17.1. The zero-order valence-electron chi connectivity index (χ0n) is 19.6. The van der Waals surface area contributed by atoms with Crippen molar-refractivity contribution in [3.63, 3.8) is 0 Å². The average Bonchev–Trinajstić information content (AvgIpc) is 2.80. The second-order valence-electron chi connectivity index (χ2n) is 8.58. The molecule has 1 atom stereocenters. The standard InChI is InChI=1S/C24H24F7NO4S/c1-15(35-2)13-16-3-8-20(21(14-16)36-37(33,34)24(29,30)31)22(17-4-6-19(25)7-5-17)32-11-9-18(10-12-32)23(26,27)28/h3-8,14,18,22H,1,9-13H2,2H3. The van der Waals surface area contributed by atoms with Crippen LogP contribution in [0.3, 0.4) is 0 Å². The molecule has 0 N–H and O–H groups in total. The van der Waals surface area contributed by atoms with Crippen molar-refractivity contribution in [3.05, 3.63) is 77.3 Å². The molecule has 204 valence electrons. The molecule has 1 heterocycles. The van der Waals surface area contributed by atoms with Crippen LogP contribution in [0.5, 0.6) is 5.75 Å². The maximum atomic E-state index is 13.6. The number of allylic oxidation sites excluding steroid dienone is 1. The highest BCUT2D eigenvalue weighted by atomic mass is 32.2. The zero-order valence-corrected chi connectivity index (χ0v) is 20.4. The van der Waals surface area contributed by atoms with Crippen molar-refractivity contribution < 1.29 is 48.1 Å². The smallest absolute Gasteiger partial charge is 0.501 e. The van der Waals surface area contributed by atoms with Crippen molar-refractivity contribution in [2.45, 2.75) is 37.0 Å². The molecule has 37 heavy (non-hydrogen) atoms. The molecule has 0 amide bonds. The molecule has 1 unspecified atom stereocenters. The molecule has 1 fully saturated rings. The van der Waals surface area contributed by atoms with Crippen LogP contribution in [-0.4, -0.2) is 45.2 Å². The van der Waals surface area contributed by atoms with Crippen LogP contribution in [0.25, 0.3) is 0 Å². The lowest BCUT2D eigenvalue weighted by molar-refractivity contribution is -0.185. The van der Waals surface area contributed by atoms with Crippen LogP contribution >= 0.6 is 0 Å². The SMILES string of the molecule is C=C(Cc1ccc(C(c2ccc(F)cc2)N2CCC(C(F)(F)F)CC2)c(OS(=O)(=O)C(F)(F)F)c1)OC. The monoisotopic (exact) mass is 555 g/mol. The lowest BCUT2D eigenvalue weighted by atomic mass is 9.90. The van der Waals surface area contributed by atoms with Crippen LogP contribution in [0.4, 0.5) is 30.7 Å². The Morgan fingerprint density at radius 3 is 2.16 bits per heavy atom. The van der Waals surface area contributed by atoms with E-state index in [0.29, 0.717) is 11.1 Å². The van der Waals surface area contributed by atoms with Crippen molar-refractivity contribution in [2.24, 2.45) is 5.92 Å². The topological polar surface area (TPSA) is 55.8 Å². The summed E-state index contributed by atoms with van der Waals surface area (Å²) < 4.78 is 126. The molecule has 3 rings (SSSR count). The van der Waals surface area contributed by atoms with Crippen LogP contribution < -0.4 is 4.18 Å². The van der Waals surface area contributed by atoms with Crippen molar-refractivity contribution in [3.8, 4) is 5.75 Å². The molecule has 0 spiro atoms. The van der Waals surface area contributed by atoms with E-state index in [1.165, 1.54) is 31.4 Å². The van der Waals surface area contributed by atoms with E-state index in [2.05, 4.69) is 10.8 Å². The molecular weight excluding hydrogens is 531 g/mol. The van der Waals surface area contributed by atoms with Crippen LogP contribution in [0.15, 0.2) is 54.8 Å². The molecule has 0 bridgehead atoms. The van der Waals surface area contributed by atoms with Crippen molar-refractivity contribution >= 4 is 10.1 Å². The minimum atomic E-state index is -6.09. The van der Waals surface area contributed by atoms with E-state index < -0.39 is 45.3 Å². The summed E-state index contributed by atoms with van der Waals surface area (Å²) in [6.07, 6.45) is -4.93. The summed E-state index contributed by atoms with van der Waals surface area (Å²) >= 11 is 0. The van der Waals surface area contributed by atoms with Gasteiger partial charge in [-0.15, -0.1) is 0 Å². The quantitative estimate of drug-likeness (QED) is 0.170. The fraction of sp³-hybridized carbons (Fsp3) is 0.417. The minimum Gasteiger partial charge on any atom is -0.501 e. The van der Waals surface area contributed by atoms with Gasteiger partial charge in [0.1, 0.15) is 11.6 Å². The summed E-state index contributed by atoms with van der Waals surface area (Å²) in [5.74, 6) is -2.59. The number of likely N-dealkylation sites (tertiary alicyclic amines) is 1. The first kappa shape index (κ1) is 28.8. The molecule has 0 aromatic heterocycles. The lowest BCUT2D eigenvalue weighted by Gasteiger charge is -2.39. The Labute approximate surface area is 209 Å². The molecule has 1 saturated heterocycles. The molecule has 2 aromatic carbocycles. The number of rotatable bonds is 8. The van der Waals surface area contributed by atoms with Crippen LogP contribution in [-0.2, 0) is 21.3 Å². The van der Waals surface area contributed by atoms with Gasteiger partial charge >= 0.3 is 21.8 Å². The normalized spacial score (nSPS) is 16.9. The summed E-state index contributed by atoms with van der Waals surface area (Å²) in [5.41, 5.74) is -5.13. The Hall–Kier alpha value is -2.80. The van der Waals surface area contributed by atoms with E-state index in [1.54, 1.807) is 4.90 Å². The summed E-state index contributed by atoms with van der Waals surface area (Å²) in [6.45, 7) is 3.43. The number of benzene rings is 2. The molecule has 0 radical (unpaired) electrons. The van der Waals surface area contributed by atoms with Gasteiger partial charge in [0.15, 0.2) is 0 Å². The molecule has 1 aliphatic rings. The first-order valence-corrected chi connectivity index (χ1v) is 12.4. The molecule has 0 saturated carbocycles. The van der Waals surface area contributed by atoms with E-state index in [1.807, 2.05) is 0 Å². The van der Waals surface area contributed by atoms with Crippen LogP contribution in [0.1, 0.15) is 35.6 Å². The van der Waals surface area contributed by atoms with Gasteiger partial charge in [0.2, 0.25) is 0 Å². The van der Waals surface area contributed by atoms with Gasteiger partial charge < -0.3 is 8.92 Å². The molecule has 0 aliphatic carbocycles. The molecule has 5 nitrogen and oxygen atoms in total. The number of alkyl halides is 6. The Bertz CT molecular complexity index is 1200. The fourth-order valence-electron chi connectivity index (χ4n) is 4.17. The lowest BCUT2D eigenvalue weighted by Crippen LogP contribution is -2.41. The second kappa shape index (κ2) is 10.9. The summed E-state index contributed by atoms with van der Waals surface area (Å²) in [4.78, 5) is 1.58. The fourth-order valence-corrected chi connectivity index (χ4v) is 4.64. The van der Waals surface area contributed by atoms with Crippen molar-refractivity contribution in [2.75, 3.05) is 20.2 Å². The Balaban J connectivity index is 2.11. The second-order valence-corrected chi connectivity index (χ2v) is 10.1. The van der Waals surface area contributed by atoms with E-state index >= 15 is 0 Å². The van der Waals surface area contributed by atoms with Crippen molar-refractivity contribution in [1.82, 2.24) is 4.90 Å².